The van der Waals surface area contributed by atoms with Gasteiger partial charge in [-0.05, 0) is 19.1 Å². The number of anilines is 1. The van der Waals surface area contributed by atoms with Crippen molar-refractivity contribution in [3.8, 4) is 6.07 Å². The van der Waals surface area contributed by atoms with Crippen LogP contribution in [0.2, 0.25) is 0 Å². The summed E-state index contributed by atoms with van der Waals surface area (Å²) in [6.45, 7) is 4.78. The Kier molecular flexibility index (Phi) is 4.55. The molecule has 1 atom stereocenters. The first-order valence-electron chi connectivity index (χ1n) is 8.99. The fourth-order valence-electron chi connectivity index (χ4n) is 3.40. The van der Waals surface area contributed by atoms with Gasteiger partial charge in [-0.25, -0.2) is 10.0 Å². The molecule has 0 radical (unpaired) electrons. The van der Waals surface area contributed by atoms with Crippen LogP contribution in [-0.2, 0) is 6.18 Å². The van der Waals surface area contributed by atoms with Gasteiger partial charge in [-0.3, -0.25) is 4.99 Å². The zero-order chi connectivity index (χ0) is 19.9. The molecule has 1 unspecified atom stereocenters. The largest absolute Gasteiger partial charge is 0.417 e. The van der Waals surface area contributed by atoms with Crippen molar-refractivity contribution in [2.75, 3.05) is 31.2 Å². The van der Waals surface area contributed by atoms with Crippen molar-refractivity contribution in [2.45, 2.75) is 25.6 Å². The minimum atomic E-state index is -4.64. The summed E-state index contributed by atoms with van der Waals surface area (Å²) in [6, 6.07) is 3.72. The summed E-state index contributed by atoms with van der Waals surface area (Å²) in [5.41, 5.74) is -0.998. The van der Waals surface area contributed by atoms with Gasteiger partial charge < -0.3 is 10.2 Å². The number of piperazine rings is 1. The van der Waals surface area contributed by atoms with Crippen LogP contribution in [0.1, 0.15) is 24.5 Å². The number of nitrogens with one attached hydrogen (secondary N) is 1. The Morgan fingerprint density at radius 1 is 1.21 bits per heavy atom. The molecular weight excluding hydrogens is 371 g/mol. The molecule has 0 amide bonds. The lowest BCUT2D eigenvalue weighted by Gasteiger charge is -2.36. The summed E-state index contributed by atoms with van der Waals surface area (Å²) in [5.74, 6) is 1.01. The highest BCUT2D eigenvalue weighted by molar-refractivity contribution is 6.47. The molecule has 1 aromatic rings. The first-order chi connectivity index (χ1) is 13.4. The molecule has 0 bridgehead atoms. The third-order valence-electron chi connectivity index (χ3n) is 4.80. The van der Waals surface area contributed by atoms with Crippen molar-refractivity contribution in [1.29, 1.82) is 5.26 Å². The number of hydrazone groups is 1. The van der Waals surface area contributed by atoms with Crippen LogP contribution in [0.25, 0.3) is 0 Å². The smallest absolute Gasteiger partial charge is 0.351 e. The van der Waals surface area contributed by atoms with Crippen LogP contribution in [0, 0.1) is 11.3 Å². The average Bonchev–Trinajstić information content (AvgIpc) is 2.87. The van der Waals surface area contributed by atoms with Gasteiger partial charge in [0.05, 0.1) is 34.6 Å². The van der Waals surface area contributed by atoms with Crippen LogP contribution in [0.4, 0.5) is 24.5 Å². The Labute approximate surface area is 159 Å². The lowest BCUT2D eigenvalue weighted by atomic mass is 10.0. The maximum Gasteiger partial charge on any atom is 0.417 e. The summed E-state index contributed by atoms with van der Waals surface area (Å²) in [7, 11) is 0. The van der Waals surface area contributed by atoms with E-state index in [-0.39, 0.29) is 11.7 Å². The van der Waals surface area contributed by atoms with Crippen molar-refractivity contribution < 1.29 is 13.2 Å². The highest BCUT2D eigenvalue weighted by Crippen LogP contribution is 2.42. The van der Waals surface area contributed by atoms with Gasteiger partial charge in [0.15, 0.2) is 11.7 Å². The van der Waals surface area contributed by atoms with Crippen LogP contribution < -0.4 is 10.3 Å². The second-order valence-corrected chi connectivity index (χ2v) is 6.82. The molecule has 0 spiro atoms. The minimum Gasteiger partial charge on any atom is -0.351 e. The molecule has 1 fully saturated rings. The van der Waals surface area contributed by atoms with Crippen molar-refractivity contribution in [1.82, 2.24) is 10.2 Å². The quantitative estimate of drug-likeness (QED) is 0.740. The molecule has 3 aliphatic rings. The van der Waals surface area contributed by atoms with E-state index in [2.05, 4.69) is 15.4 Å². The number of benzene rings is 1. The zero-order valence-corrected chi connectivity index (χ0v) is 15.2. The molecule has 0 aliphatic carbocycles. The molecule has 3 aliphatic heterocycles. The van der Waals surface area contributed by atoms with Gasteiger partial charge in [0, 0.05) is 38.8 Å². The molecule has 10 heteroatoms. The van der Waals surface area contributed by atoms with Gasteiger partial charge in [0.1, 0.15) is 0 Å². The molecule has 1 saturated heterocycles. The summed E-state index contributed by atoms with van der Waals surface area (Å²) in [4.78, 5) is 11.2. The van der Waals surface area contributed by atoms with Crippen LogP contribution in [0.5, 0.6) is 0 Å². The number of nitriles is 1. The normalized spacial score (nSPS) is 21.9. The number of amidine groups is 2. The Bertz CT molecular complexity index is 920. The van der Waals surface area contributed by atoms with Crippen LogP contribution >= 0.6 is 0 Å². The molecular formula is C18H18F3N7. The first kappa shape index (κ1) is 18.4. The molecule has 0 saturated carbocycles. The fourth-order valence-corrected chi connectivity index (χ4v) is 3.40. The Balaban J connectivity index is 1.92. The van der Waals surface area contributed by atoms with Gasteiger partial charge in [-0.1, -0.05) is 0 Å². The topological polar surface area (TPSA) is 79.4 Å². The van der Waals surface area contributed by atoms with Crippen molar-refractivity contribution >= 4 is 29.3 Å². The molecule has 1 aromatic carbocycles. The Morgan fingerprint density at radius 2 is 1.96 bits per heavy atom. The number of rotatable bonds is 0. The molecule has 0 aromatic heterocycles. The lowest BCUT2D eigenvalue weighted by Crippen LogP contribution is -2.52. The molecule has 3 heterocycles. The predicted octanol–water partition coefficient (Wildman–Crippen LogP) is 2.51. The van der Waals surface area contributed by atoms with Gasteiger partial charge in [-0.2, -0.15) is 23.5 Å². The Morgan fingerprint density at radius 3 is 2.64 bits per heavy atom. The SMILES string of the molecule is CC1CC=NN2C(=N1)C(N1CCNCC1)=Nc1cc(C(F)(F)F)c(C#N)cc12. The van der Waals surface area contributed by atoms with E-state index in [1.54, 1.807) is 12.3 Å². The number of nitrogens with zero attached hydrogens (tertiary/aromatic N) is 6. The first-order valence-corrected chi connectivity index (χ1v) is 8.99. The molecule has 28 heavy (non-hydrogen) atoms. The standard InChI is InChI=1S/C18H18F3N7/c1-11-2-3-24-28-15-8-12(10-22)13(18(19,20)21)9-14(15)26-16(17(28)25-11)27-6-4-23-5-7-27/h3,8-9,11,23H,2,4-7H2,1H3. The molecule has 4 rings (SSSR count). The van der Waals surface area contributed by atoms with E-state index in [1.807, 2.05) is 11.8 Å². The van der Waals surface area contributed by atoms with E-state index in [1.165, 1.54) is 11.1 Å². The van der Waals surface area contributed by atoms with Crippen LogP contribution in [0.15, 0.2) is 27.2 Å². The monoisotopic (exact) mass is 389 g/mol. The number of fused-ring (bicyclic) bond motifs is 3. The van der Waals surface area contributed by atoms with Crippen LogP contribution in [-0.4, -0.2) is 55.0 Å². The lowest BCUT2D eigenvalue weighted by molar-refractivity contribution is -0.137. The summed E-state index contributed by atoms with van der Waals surface area (Å²) >= 11 is 0. The summed E-state index contributed by atoms with van der Waals surface area (Å²) in [5, 5.41) is 18.4. The summed E-state index contributed by atoms with van der Waals surface area (Å²) in [6.07, 6.45) is -2.35. The average molecular weight is 389 g/mol. The maximum atomic E-state index is 13.4. The number of hydrogen-bond acceptors (Lipinski definition) is 7. The minimum absolute atomic E-state index is 0.0386. The fraction of sp³-hybridized carbons (Fsp3) is 0.444. The van der Waals surface area contributed by atoms with Crippen LogP contribution in [0.3, 0.4) is 0 Å². The second-order valence-electron chi connectivity index (χ2n) is 6.82. The zero-order valence-electron chi connectivity index (χ0n) is 15.2. The highest BCUT2D eigenvalue weighted by Gasteiger charge is 2.38. The number of alkyl halides is 3. The van der Waals surface area contributed by atoms with Crippen molar-refractivity contribution in [2.24, 2.45) is 15.1 Å². The van der Waals surface area contributed by atoms with Gasteiger partial charge >= 0.3 is 6.18 Å². The Hall–Kier alpha value is -2.93. The van der Waals surface area contributed by atoms with Crippen molar-refractivity contribution in [3.05, 3.63) is 23.3 Å². The van der Waals surface area contributed by atoms with Crippen molar-refractivity contribution in [3.63, 3.8) is 0 Å². The third-order valence-corrected chi connectivity index (χ3v) is 4.80. The van der Waals surface area contributed by atoms with E-state index >= 15 is 0 Å². The third kappa shape index (κ3) is 3.22. The van der Waals surface area contributed by atoms with E-state index < -0.39 is 17.3 Å². The number of aliphatic imine (C=N–C) groups is 2. The van der Waals surface area contributed by atoms with Gasteiger partial charge in [-0.15, -0.1) is 0 Å². The maximum absolute atomic E-state index is 13.4. The summed E-state index contributed by atoms with van der Waals surface area (Å²) < 4.78 is 40.3. The molecule has 7 nitrogen and oxygen atoms in total. The predicted molar refractivity (Wildman–Crippen MR) is 100 cm³/mol. The number of hydrogen-bond donors (Lipinski definition) is 1. The highest BCUT2D eigenvalue weighted by atomic mass is 19.4. The molecule has 1 N–H and O–H groups in total. The van der Waals surface area contributed by atoms with Gasteiger partial charge in [0.25, 0.3) is 0 Å². The van der Waals surface area contributed by atoms with Gasteiger partial charge in [0.2, 0.25) is 0 Å². The molecule has 146 valence electrons. The van der Waals surface area contributed by atoms with E-state index in [0.717, 1.165) is 19.2 Å². The van der Waals surface area contributed by atoms with E-state index in [0.29, 0.717) is 36.9 Å². The second kappa shape index (κ2) is 6.91. The van der Waals surface area contributed by atoms with E-state index in [9.17, 15) is 18.4 Å². The number of halogens is 3. The van der Waals surface area contributed by atoms with E-state index in [4.69, 9.17) is 4.99 Å².